The molecule has 0 bridgehead atoms. The van der Waals surface area contributed by atoms with Crippen molar-refractivity contribution in [2.75, 3.05) is 0 Å². The molecule has 0 unspecified atom stereocenters. The van der Waals surface area contributed by atoms with Crippen molar-refractivity contribution in [1.82, 2.24) is 30.4 Å². The van der Waals surface area contributed by atoms with Crippen LogP contribution in [0.3, 0.4) is 0 Å². The van der Waals surface area contributed by atoms with Crippen LogP contribution in [0.4, 0.5) is 0 Å². The van der Waals surface area contributed by atoms with Crippen LogP contribution >= 0.6 is 0 Å². The topological polar surface area (TPSA) is 88.9 Å². The van der Waals surface area contributed by atoms with E-state index in [1.165, 1.54) is 0 Å². The molecule has 0 spiro atoms. The normalized spacial score (nSPS) is 10.0. The summed E-state index contributed by atoms with van der Waals surface area (Å²) in [5.41, 5.74) is 4.17. The monoisotopic (exact) mass is 266 g/mol. The lowest BCUT2D eigenvalue weighted by Crippen LogP contribution is -1.74. The minimum Gasteiger partial charge on any atom is -0.360 e. The van der Waals surface area contributed by atoms with Crippen LogP contribution in [-0.4, -0.2) is 30.4 Å². The highest BCUT2D eigenvalue weighted by atomic mass is 15.1. The quantitative estimate of drug-likeness (QED) is 0.449. The third-order valence-corrected chi connectivity index (χ3v) is 2.78. The molecular weight excluding hydrogens is 252 g/mol. The minimum absolute atomic E-state index is 1.02. The standard InChI is InChI=1S/2C7H7N3/c2*1-2-6(8-4-1)7-3-5-9-10-7/h2*1-5,8H,(H,9,10). The first-order valence-corrected chi connectivity index (χ1v) is 6.20. The van der Waals surface area contributed by atoms with E-state index in [4.69, 9.17) is 0 Å². The van der Waals surface area contributed by atoms with E-state index in [0.717, 1.165) is 22.8 Å². The Bertz CT molecular complexity index is 561. The van der Waals surface area contributed by atoms with Crippen molar-refractivity contribution in [2.45, 2.75) is 0 Å². The number of H-pyrrole nitrogens is 4. The lowest BCUT2D eigenvalue weighted by molar-refractivity contribution is 1.09. The van der Waals surface area contributed by atoms with E-state index in [9.17, 15) is 0 Å². The summed E-state index contributed by atoms with van der Waals surface area (Å²) in [6, 6.07) is 11.7. The van der Waals surface area contributed by atoms with Crippen LogP contribution in [0.2, 0.25) is 0 Å². The SMILES string of the molecule is c1c[nH]c(-c2ccn[nH]2)c1.c1c[nH]c(-c2ccn[nH]2)c1. The maximum absolute atomic E-state index is 3.83. The lowest BCUT2D eigenvalue weighted by atomic mass is 10.3. The molecule has 4 aromatic heterocycles. The first kappa shape index (κ1) is 12.0. The highest BCUT2D eigenvalue weighted by Gasteiger charge is 1.96. The number of aromatic amines is 4. The van der Waals surface area contributed by atoms with Gasteiger partial charge in [0.15, 0.2) is 0 Å². The zero-order valence-electron chi connectivity index (χ0n) is 10.7. The van der Waals surface area contributed by atoms with Crippen LogP contribution in [0.5, 0.6) is 0 Å². The lowest BCUT2D eigenvalue weighted by Gasteiger charge is -1.87. The Labute approximate surface area is 115 Å². The van der Waals surface area contributed by atoms with Gasteiger partial charge in [0.25, 0.3) is 0 Å². The first-order valence-electron chi connectivity index (χ1n) is 6.20. The fourth-order valence-corrected chi connectivity index (χ4v) is 1.81. The van der Waals surface area contributed by atoms with Gasteiger partial charge in [0.1, 0.15) is 0 Å². The number of aromatic nitrogens is 6. The van der Waals surface area contributed by atoms with Gasteiger partial charge in [-0.25, -0.2) is 0 Å². The third-order valence-electron chi connectivity index (χ3n) is 2.78. The van der Waals surface area contributed by atoms with E-state index < -0.39 is 0 Å². The van der Waals surface area contributed by atoms with Crippen LogP contribution < -0.4 is 0 Å². The van der Waals surface area contributed by atoms with Crippen LogP contribution in [0.1, 0.15) is 0 Å². The van der Waals surface area contributed by atoms with E-state index >= 15 is 0 Å². The van der Waals surface area contributed by atoms with Gasteiger partial charge in [-0.05, 0) is 36.4 Å². The minimum atomic E-state index is 1.02. The van der Waals surface area contributed by atoms with Gasteiger partial charge in [0, 0.05) is 24.8 Å². The molecule has 4 N–H and O–H groups in total. The molecule has 0 fully saturated rings. The van der Waals surface area contributed by atoms with Crippen LogP contribution in [0, 0.1) is 0 Å². The Balaban J connectivity index is 0.000000121. The largest absolute Gasteiger partial charge is 0.360 e. The van der Waals surface area contributed by atoms with E-state index in [-0.39, 0.29) is 0 Å². The van der Waals surface area contributed by atoms with Crippen LogP contribution in [0.15, 0.2) is 61.2 Å². The van der Waals surface area contributed by atoms with Crippen molar-refractivity contribution in [3.63, 3.8) is 0 Å². The van der Waals surface area contributed by atoms with Crippen molar-refractivity contribution in [3.05, 3.63) is 61.2 Å². The maximum atomic E-state index is 3.83. The molecule has 0 radical (unpaired) electrons. The van der Waals surface area contributed by atoms with Gasteiger partial charge < -0.3 is 9.97 Å². The van der Waals surface area contributed by atoms with Crippen molar-refractivity contribution in [2.24, 2.45) is 0 Å². The van der Waals surface area contributed by atoms with Crippen LogP contribution in [0.25, 0.3) is 22.8 Å². The Hall–Kier alpha value is -3.02. The van der Waals surface area contributed by atoms with E-state index in [1.807, 2.05) is 48.8 Å². The summed E-state index contributed by atoms with van der Waals surface area (Å²) in [4.78, 5) is 6.14. The van der Waals surface area contributed by atoms with Crippen molar-refractivity contribution >= 4 is 0 Å². The van der Waals surface area contributed by atoms with Gasteiger partial charge in [0.05, 0.1) is 22.8 Å². The number of hydrogen-bond donors (Lipinski definition) is 4. The predicted molar refractivity (Wildman–Crippen MR) is 76.7 cm³/mol. The zero-order valence-corrected chi connectivity index (χ0v) is 10.7. The van der Waals surface area contributed by atoms with Crippen molar-refractivity contribution in [1.29, 1.82) is 0 Å². The molecule has 6 nitrogen and oxygen atoms in total. The van der Waals surface area contributed by atoms with E-state index in [1.54, 1.807) is 12.4 Å². The van der Waals surface area contributed by atoms with Gasteiger partial charge in [0.2, 0.25) is 0 Å². The van der Waals surface area contributed by atoms with Crippen molar-refractivity contribution < 1.29 is 0 Å². The van der Waals surface area contributed by atoms with E-state index in [0.29, 0.717) is 0 Å². The first-order chi connectivity index (χ1) is 9.93. The molecule has 20 heavy (non-hydrogen) atoms. The maximum Gasteiger partial charge on any atom is 0.0812 e. The Kier molecular flexibility index (Phi) is 3.46. The molecule has 6 heteroatoms. The average molecular weight is 266 g/mol. The van der Waals surface area contributed by atoms with Gasteiger partial charge in [-0.15, -0.1) is 0 Å². The highest BCUT2D eigenvalue weighted by molar-refractivity contribution is 5.53. The Morgan fingerprint density at radius 1 is 0.600 bits per heavy atom. The van der Waals surface area contributed by atoms with Gasteiger partial charge >= 0.3 is 0 Å². The molecule has 0 amide bonds. The molecular formula is C14H14N6. The molecule has 4 heterocycles. The number of rotatable bonds is 2. The smallest absolute Gasteiger partial charge is 0.0812 e. The highest BCUT2D eigenvalue weighted by Crippen LogP contribution is 2.12. The molecule has 4 aromatic rings. The molecule has 4 rings (SSSR count). The molecule has 0 saturated carbocycles. The molecule has 0 aliphatic rings. The molecule has 0 atom stereocenters. The summed E-state index contributed by atoms with van der Waals surface area (Å²) in [5, 5.41) is 13.4. The second-order valence-electron chi connectivity index (χ2n) is 4.11. The van der Waals surface area contributed by atoms with Gasteiger partial charge in [-0.1, -0.05) is 0 Å². The second kappa shape index (κ2) is 5.75. The average Bonchev–Trinajstić information content (AvgIpc) is 3.29. The summed E-state index contributed by atoms with van der Waals surface area (Å²) in [7, 11) is 0. The summed E-state index contributed by atoms with van der Waals surface area (Å²) in [6.45, 7) is 0. The summed E-state index contributed by atoms with van der Waals surface area (Å²) in [6.07, 6.45) is 7.23. The summed E-state index contributed by atoms with van der Waals surface area (Å²) < 4.78 is 0. The zero-order chi connectivity index (χ0) is 13.6. The molecule has 0 saturated heterocycles. The van der Waals surface area contributed by atoms with Crippen LogP contribution in [-0.2, 0) is 0 Å². The number of nitrogens with zero attached hydrogens (tertiary/aromatic N) is 2. The fourth-order valence-electron chi connectivity index (χ4n) is 1.81. The summed E-state index contributed by atoms with van der Waals surface area (Å²) >= 11 is 0. The predicted octanol–water partition coefficient (Wildman–Crippen LogP) is 2.81. The number of nitrogens with one attached hydrogen (secondary N) is 4. The molecule has 0 aliphatic heterocycles. The van der Waals surface area contributed by atoms with Gasteiger partial charge in [-0.3, -0.25) is 10.2 Å². The third kappa shape index (κ3) is 2.69. The fraction of sp³-hybridized carbons (Fsp3) is 0. The summed E-state index contributed by atoms with van der Waals surface area (Å²) in [5.74, 6) is 0. The van der Waals surface area contributed by atoms with Crippen molar-refractivity contribution in [3.8, 4) is 22.8 Å². The Morgan fingerprint density at radius 2 is 1.10 bits per heavy atom. The van der Waals surface area contributed by atoms with E-state index in [2.05, 4.69) is 30.4 Å². The second-order valence-corrected chi connectivity index (χ2v) is 4.11. The molecule has 0 aliphatic carbocycles. The van der Waals surface area contributed by atoms with Gasteiger partial charge in [-0.2, -0.15) is 10.2 Å². The molecule has 0 aromatic carbocycles. The Morgan fingerprint density at radius 3 is 1.40 bits per heavy atom. The number of hydrogen-bond acceptors (Lipinski definition) is 2. The molecule has 100 valence electrons.